The fourth-order valence-electron chi connectivity index (χ4n) is 2.26. The topological polar surface area (TPSA) is 59.5 Å². The molecule has 1 aliphatic rings. The molecule has 1 aromatic heterocycles. The second-order valence-corrected chi connectivity index (χ2v) is 8.94. The molecule has 2 rings (SSSR count). The summed E-state index contributed by atoms with van der Waals surface area (Å²) in [6, 6.07) is -0.369. The number of rotatable bonds is 3. The van der Waals surface area contributed by atoms with Crippen LogP contribution in [0.5, 0.6) is 0 Å². The third-order valence-electron chi connectivity index (χ3n) is 3.66. The van der Waals surface area contributed by atoms with Crippen LogP contribution >= 0.6 is 11.3 Å². The number of likely N-dealkylation sites (tertiary alicyclic amines) is 1. The van der Waals surface area contributed by atoms with Gasteiger partial charge in [-0.3, -0.25) is 9.69 Å². The van der Waals surface area contributed by atoms with E-state index in [9.17, 15) is 9.59 Å². The van der Waals surface area contributed by atoms with Crippen molar-refractivity contribution in [2.75, 3.05) is 6.54 Å². The number of hydrogen-bond donors (Lipinski definition) is 0. The molecular formula is C17H26N2O3S. The van der Waals surface area contributed by atoms with Crippen LogP contribution < -0.4 is 0 Å². The van der Waals surface area contributed by atoms with E-state index in [1.165, 1.54) is 16.2 Å². The minimum absolute atomic E-state index is 0.0170. The third kappa shape index (κ3) is 4.53. The van der Waals surface area contributed by atoms with Crippen LogP contribution in [0.3, 0.4) is 0 Å². The van der Waals surface area contributed by atoms with Crippen molar-refractivity contribution in [3.8, 4) is 0 Å². The molecule has 128 valence electrons. The Morgan fingerprint density at radius 3 is 2.39 bits per heavy atom. The summed E-state index contributed by atoms with van der Waals surface area (Å²) in [5.41, 5.74) is 0.441. The van der Waals surface area contributed by atoms with E-state index in [0.717, 1.165) is 10.7 Å². The van der Waals surface area contributed by atoms with Crippen LogP contribution in [0, 0.1) is 0 Å². The predicted molar refractivity (Wildman–Crippen MR) is 90.9 cm³/mol. The van der Waals surface area contributed by atoms with Crippen molar-refractivity contribution in [2.24, 2.45) is 0 Å². The quantitative estimate of drug-likeness (QED) is 0.845. The fourth-order valence-corrected chi connectivity index (χ4v) is 3.30. The van der Waals surface area contributed by atoms with E-state index in [-0.39, 0.29) is 23.7 Å². The monoisotopic (exact) mass is 338 g/mol. The molecule has 0 aliphatic carbocycles. The maximum atomic E-state index is 12.5. The normalized spacial score (nSPS) is 18.5. The number of aromatic nitrogens is 1. The summed E-state index contributed by atoms with van der Waals surface area (Å²) < 4.78 is 5.34. The van der Waals surface area contributed by atoms with Gasteiger partial charge in [-0.1, -0.05) is 20.8 Å². The Labute approximate surface area is 142 Å². The van der Waals surface area contributed by atoms with Crippen LogP contribution in [0.25, 0.3) is 0 Å². The lowest BCUT2D eigenvalue weighted by Gasteiger charge is -2.40. The first-order chi connectivity index (χ1) is 10.5. The molecule has 0 saturated carbocycles. The summed E-state index contributed by atoms with van der Waals surface area (Å²) in [4.78, 5) is 30.6. The molecular weight excluding hydrogens is 312 g/mol. The molecule has 0 N–H and O–H groups in total. The van der Waals surface area contributed by atoms with Gasteiger partial charge in [0.05, 0.1) is 18.2 Å². The number of carbonyl (C=O) groups excluding carboxylic acids is 2. The molecule has 1 amide bonds. The number of carbonyl (C=O) groups is 2. The number of hydrogen-bond acceptors (Lipinski definition) is 5. The van der Waals surface area contributed by atoms with Crippen molar-refractivity contribution in [2.45, 2.75) is 71.4 Å². The molecule has 0 unspecified atom stereocenters. The van der Waals surface area contributed by atoms with E-state index in [1.54, 1.807) is 0 Å². The Kier molecular flexibility index (Phi) is 4.85. The van der Waals surface area contributed by atoms with Crippen molar-refractivity contribution in [1.82, 2.24) is 9.88 Å². The molecule has 1 aliphatic heterocycles. The highest BCUT2D eigenvalue weighted by molar-refractivity contribution is 7.09. The smallest absolute Gasteiger partial charge is 0.410 e. The largest absolute Gasteiger partial charge is 0.444 e. The number of thiazole rings is 1. The van der Waals surface area contributed by atoms with Gasteiger partial charge in [0.2, 0.25) is 0 Å². The first kappa shape index (κ1) is 17.9. The lowest BCUT2D eigenvalue weighted by atomic mass is 9.93. The van der Waals surface area contributed by atoms with Gasteiger partial charge in [-0.2, -0.15) is 0 Å². The molecule has 0 radical (unpaired) electrons. The molecule has 1 atom stereocenters. The molecule has 0 aromatic carbocycles. The van der Waals surface area contributed by atoms with Gasteiger partial charge >= 0.3 is 6.09 Å². The average Bonchev–Trinajstić information content (AvgIpc) is 2.72. The highest BCUT2D eigenvalue weighted by atomic mass is 32.1. The van der Waals surface area contributed by atoms with Gasteiger partial charge in [0.15, 0.2) is 5.78 Å². The van der Waals surface area contributed by atoms with E-state index in [4.69, 9.17) is 4.74 Å². The molecule has 5 nitrogen and oxygen atoms in total. The average molecular weight is 338 g/mol. The Morgan fingerprint density at radius 2 is 1.96 bits per heavy atom. The molecule has 0 spiro atoms. The third-order valence-corrected chi connectivity index (χ3v) is 4.51. The van der Waals surface area contributed by atoms with Crippen LogP contribution in [0.1, 0.15) is 58.7 Å². The SMILES string of the molecule is CC(C)(C)OC(=O)N1CC[C@H]1C(=O)Cc1nc(C(C)(C)C)cs1. The summed E-state index contributed by atoms with van der Waals surface area (Å²) in [5.74, 6) is 0.0388. The van der Waals surface area contributed by atoms with Crippen LogP contribution in [-0.4, -0.2) is 39.9 Å². The molecule has 23 heavy (non-hydrogen) atoms. The minimum Gasteiger partial charge on any atom is -0.444 e. The lowest BCUT2D eigenvalue weighted by Crippen LogP contribution is -2.56. The summed E-state index contributed by atoms with van der Waals surface area (Å²) in [5, 5.41) is 2.82. The highest BCUT2D eigenvalue weighted by Crippen LogP contribution is 2.26. The first-order valence-corrected chi connectivity index (χ1v) is 8.82. The Morgan fingerprint density at radius 1 is 1.30 bits per heavy atom. The number of amides is 1. The molecule has 1 fully saturated rings. The first-order valence-electron chi connectivity index (χ1n) is 7.94. The highest BCUT2D eigenvalue weighted by Gasteiger charge is 2.39. The molecule has 1 saturated heterocycles. The standard InChI is InChI=1S/C17H26N2O3S/c1-16(2,3)13-10-23-14(18-13)9-12(20)11-7-8-19(11)15(21)22-17(4,5)6/h10-11H,7-9H2,1-6H3/t11-/m0/s1. The zero-order chi connectivity index (χ0) is 17.4. The van der Waals surface area contributed by atoms with Gasteiger partial charge in [-0.05, 0) is 27.2 Å². The van der Waals surface area contributed by atoms with Crippen LogP contribution in [0.4, 0.5) is 4.79 Å². The zero-order valence-electron chi connectivity index (χ0n) is 14.8. The zero-order valence-corrected chi connectivity index (χ0v) is 15.6. The van der Waals surface area contributed by atoms with Gasteiger partial charge in [-0.15, -0.1) is 11.3 Å². The van der Waals surface area contributed by atoms with E-state index in [2.05, 4.69) is 25.8 Å². The summed E-state index contributed by atoms with van der Waals surface area (Å²) in [6.45, 7) is 12.4. The van der Waals surface area contributed by atoms with Gasteiger partial charge in [-0.25, -0.2) is 9.78 Å². The molecule has 0 bridgehead atoms. The van der Waals surface area contributed by atoms with Crippen molar-refractivity contribution in [1.29, 1.82) is 0 Å². The van der Waals surface area contributed by atoms with Gasteiger partial charge in [0, 0.05) is 17.3 Å². The van der Waals surface area contributed by atoms with Crippen molar-refractivity contribution >= 4 is 23.2 Å². The lowest BCUT2D eigenvalue weighted by molar-refractivity contribution is -0.127. The molecule has 2 heterocycles. The summed E-state index contributed by atoms with van der Waals surface area (Å²) >= 11 is 1.51. The number of ketones is 1. The second-order valence-electron chi connectivity index (χ2n) is 8.00. The Bertz CT molecular complexity index is 596. The van der Waals surface area contributed by atoms with Gasteiger partial charge < -0.3 is 4.74 Å². The van der Waals surface area contributed by atoms with Crippen LogP contribution in [0.15, 0.2) is 5.38 Å². The maximum Gasteiger partial charge on any atom is 0.410 e. The summed E-state index contributed by atoms with van der Waals surface area (Å²) in [6.07, 6.45) is 0.580. The van der Waals surface area contributed by atoms with Gasteiger partial charge in [0.25, 0.3) is 0 Å². The van der Waals surface area contributed by atoms with E-state index in [1.807, 2.05) is 26.2 Å². The van der Waals surface area contributed by atoms with Crippen molar-refractivity contribution in [3.05, 3.63) is 16.1 Å². The van der Waals surface area contributed by atoms with Crippen molar-refractivity contribution < 1.29 is 14.3 Å². The summed E-state index contributed by atoms with van der Waals surface area (Å²) in [7, 11) is 0. The number of Topliss-reactive ketones (excluding diaryl/α,β-unsaturated/α-hetero) is 1. The van der Waals surface area contributed by atoms with E-state index >= 15 is 0 Å². The molecule has 6 heteroatoms. The van der Waals surface area contributed by atoms with Crippen LogP contribution in [-0.2, 0) is 21.4 Å². The predicted octanol–water partition coefficient (Wildman–Crippen LogP) is 3.56. The Hall–Kier alpha value is -1.43. The maximum absolute atomic E-state index is 12.5. The van der Waals surface area contributed by atoms with Gasteiger partial charge in [0.1, 0.15) is 10.6 Å². The van der Waals surface area contributed by atoms with E-state index < -0.39 is 11.7 Å². The van der Waals surface area contributed by atoms with Crippen molar-refractivity contribution in [3.63, 3.8) is 0 Å². The minimum atomic E-state index is -0.544. The van der Waals surface area contributed by atoms with Crippen LogP contribution in [0.2, 0.25) is 0 Å². The number of nitrogens with zero attached hydrogens (tertiary/aromatic N) is 2. The number of ether oxygens (including phenoxy) is 1. The fraction of sp³-hybridized carbons (Fsp3) is 0.706. The Balaban J connectivity index is 1.96. The molecule has 1 aromatic rings. The second kappa shape index (κ2) is 6.23. The van der Waals surface area contributed by atoms with E-state index in [0.29, 0.717) is 13.0 Å².